The van der Waals surface area contributed by atoms with Gasteiger partial charge in [-0.15, -0.1) is 0 Å². The summed E-state index contributed by atoms with van der Waals surface area (Å²) in [4.78, 5) is 16.0. The minimum atomic E-state index is -0.519. The van der Waals surface area contributed by atoms with E-state index in [1.165, 1.54) is 7.11 Å². The predicted molar refractivity (Wildman–Crippen MR) is 153 cm³/mol. The fourth-order valence-corrected chi connectivity index (χ4v) is 5.78. The van der Waals surface area contributed by atoms with Crippen molar-refractivity contribution in [1.82, 2.24) is 0 Å². The Morgan fingerprint density at radius 3 is 2.00 bits per heavy atom. The number of methoxy groups -OCH3 is 1. The van der Waals surface area contributed by atoms with Crippen molar-refractivity contribution in [2.24, 2.45) is 0 Å². The van der Waals surface area contributed by atoms with Gasteiger partial charge in [0, 0.05) is 23.5 Å². The molecular formula is C33H28N2O6. The Hall–Kier alpha value is -5.11. The van der Waals surface area contributed by atoms with Crippen LogP contribution in [0.2, 0.25) is 0 Å². The number of benzene rings is 4. The molecule has 8 nitrogen and oxygen atoms in total. The van der Waals surface area contributed by atoms with Crippen molar-refractivity contribution in [2.75, 3.05) is 30.9 Å². The van der Waals surface area contributed by atoms with Gasteiger partial charge in [0.1, 0.15) is 0 Å². The SMILES string of the molecule is COC(=O)C1=C(Nc2ccccc2)C[C@@H](c2ccc3c(c2)OCO3)N(c2ccccc2)[C@@H]1c1ccc2c(c1)OCO2. The van der Waals surface area contributed by atoms with Crippen molar-refractivity contribution in [2.45, 2.75) is 18.5 Å². The summed E-state index contributed by atoms with van der Waals surface area (Å²) in [5.41, 5.74) is 5.04. The summed E-state index contributed by atoms with van der Waals surface area (Å²) in [5.74, 6) is 2.33. The fraction of sp³-hybridized carbons (Fsp3) is 0.182. The summed E-state index contributed by atoms with van der Waals surface area (Å²) in [6, 6.07) is 31.1. The van der Waals surface area contributed by atoms with Crippen molar-refractivity contribution in [3.63, 3.8) is 0 Å². The molecule has 0 unspecified atom stereocenters. The summed E-state index contributed by atoms with van der Waals surface area (Å²) >= 11 is 0. The summed E-state index contributed by atoms with van der Waals surface area (Å²) in [6.45, 7) is 0.352. The van der Waals surface area contributed by atoms with Crippen LogP contribution in [-0.4, -0.2) is 26.7 Å². The highest BCUT2D eigenvalue weighted by Crippen LogP contribution is 2.50. The number of nitrogens with zero attached hydrogens (tertiary/aromatic N) is 1. The Morgan fingerprint density at radius 1 is 0.756 bits per heavy atom. The molecule has 0 saturated heterocycles. The first kappa shape index (κ1) is 24.9. The molecule has 41 heavy (non-hydrogen) atoms. The Kier molecular flexibility index (Phi) is 6.35. The molecule has 0 amide bonds. The normalized spacial score (nSPS) is 18.8. The third-order valence-electron chi connectivity index (χ3n) is 7.63. The fourth-order valence-electron chi connectivity index (χ4n) is 5.78. The summed E-state index contributed by atoms with van der Waals surface area (Å²) in [6.07, 6.45) is 0.509. The number of para-hydroxylation sites is 2. The maximum Gasteiger partial charge on any atom is 0.337 e. The van der Waals surface area contributed by atoms with E-state index in [0.717, 1.165) is 33.9 Å². The number of fused-ring (bicyclic) bond motifs is 2. The second-order valence-electron chi connectivity index (χ2n) is 9.97. The number of carbonyl (C=O) groups excluding carboxylic acids is 1. The standard InChI is InChI=1S/C33H28N2O6/c1-37-33(36)31-25(34-23-8-4-2-5-9-23)18-26(21-12-14-27-29(16-21)40-19-38-27)35(24-10-6-3-7-11-24)32(31)22-13-15-28-30(17-22)41-20-39-28/h2-17,26,32,34H,18-20H2,1H3/t26-,32+/m0/s1. The number of esters is 1. The van der Waals surface area contributed by atoms with Gasteiger partial charge >= 0.3 is 5.97 Å². The molecule has 0 aliphatic carbocycles. The van der Waals surface area contributed by atoms with Gasteiger partial charge in [0.2, 0.25) is 13.6 Å². The van der Waals surface area contributed by atoms with E-state index in [2.05, 4.69) is 28.4 Å². The number of carbonyl (C=O) groups is 1. The molecule has 4 aromatic carbocycles. The second-order valence-corrected chi connectivity index (χ2v) is 9.97. The average Bonchev–Trinajstić information content (AvgIpc) is 3.70. The number of nitrogens with one attached hydrogen (secondary N) is 1. The van der Waals surface area contributed by atoms with Crippen LogP contribution in [0.15, 0.2) is 108 Å². The minimum Gasteiger partial charge on any atom is -0.466 e. The Morgan fingerprint density at radius 2 is 1.34 bits per heavy atom. The zero-order chi connectivity index (χ0) is 27.8. The van der Waals surface area contributed by atoms with Crippen LogP contribution in [0.1, 0.15) is 29.6 Å². The molecular weight excluding hydrogens is 520 g/mol. The van der Waals surface area contributed by atoms with Gasteiger partial charge in [-0.2, -0.15) is 0 Å². The first-order valence-corrected chi connectivity index (χ1v) is 13.5. The molecule has 206 valence electrons. The number of ether oxygens (including phenoxy) is 5. The number of rotatable bonds is 6. The predicted octanol–water partition coefficient (Wildman–Crippen LogP) is 6.38. The van der Waals surface area contributed by atoms with Crippen LogP contribution in [0.5, 0.6) is 23.0 Å². The van der Waals surface area contributed by atoms with E-state index in [1.807, 2.05) is 78.9 Å². The smallest absolute Gasteiger partial charge is 0.337 e. The van der Waals surface area contributed by atoms with Crippen LogP contribution in [0.3, 0.4) is 0 Å². The van der Waals surface area contributed by atoms with E-state index in [-0.39, 0.29) is 19.6 Å². The van der Waals surface area contributed by atoms with Crippen molar-refractivity contribution in [1.29, 1.82) is 0 Å². The molecule has 8 heteroatoms. The van der Waals surface area contributed by atoms with Gasteiger partial charge in [0.05, 0.1) is 24.8 Å². The lowest BCUT2D eigenvalue weighted by molar-refractivity contribution is -0.136. The van der Waals surface area contributed by atoms with Gasteiger partial charge in [-0.1, -0.05) is 48.5 Å². The minimum absolute atomic E-state index is 0.159. The van der Waals surface area contributed by atoms with E-state index in [0.29, 0.717) is 29.2 Å². The van der Waals surface area contributed by atoms with Gasteiger partial charge in [0.15, 0.2) is 23.0 Å². The zero-order valence-electron chi connectivity index (χ0n) is 22.4. The molecule has 3 heterocycles. The van der Waals surface area contributed by atoms with E-state index >= 15 is 0 Å². The molecule has 1 N–H and O–H groups in total. The molecule has 0 saturated carbocycles. The Bertz CT molecular complexity index is 1620. The Labute approximate surface area is 237 Å². The average molecular weight is 549 g/mol. The third kappa shape index (κ3) is 4.57. The lowest BCUT2D eigenvalue weighted by Gasteiger charge is -2.45. The van der Waals surface area contributed by atoms with Crippen LogP contribution >= 0.6 is 0 Å². The van der Waals surface area contributed by atoms with Crippen LogP contribution in [0.4, 0.5) is 11.4 Å². The van der Waals surface area contributed by atoms with Crippen LogP contribution in [0.25, 0.3) is 0 Å². The molecule has 2 atom stereocenters. The van der Waals surface area contributed by atoms with E-state index < -0.39 is 12.0 Å². The van der Waals surface area contributed by atoms with Crippen molar-refractivity contribution in [3.8, 4) is 23.0 Å². The van der Waals surface area contributed by atoms with E-state index in [4.69, 9.17) is 23.7 Å². The summed E-state index contributed by atoms with van der Waals surface area (Å²) in [5, 5.41) is 3.56. The molecule has 0 spiro atoms. The number of hydrogen-bond donors (Lipinski definition) is 1. The summed E-state index contributed by atoms with van der Waals surface area (Å²) < 4.78 is 28.2. The molecule has 0 radical (unpaired) electrons. The second kappa shape index (κ2) is 10.5. The topological polar surface area (TPSA) is 78.5 Å². The van der Waals surface area contributed by atoms with E-state index in [1.54, 1.807) is 0 Å². The van der Waals surface area contributed by atoms with E-state index in [9.17, 15) is 4.79 Å². The number of hydrogen-bond acceptors (Lipinski definition) is 8. The Balaban J connectivity index is 1.46. The van der Waals surface area contributed by atoms with Gasteiger partial charge < -0.3 is 33.9 Å². The largest absolute Gasteiger partial charge is 0.466 e. The van der Waals surface area contributed by atoms with Crippen LogP contribution < -0.4 is 29.2 Å². The monoisotopic (exact) mass is 548 g/mol. The third-order valence-corrected chi connectivity index (χ3v) is 7.63. The lowest BCUT2D eigenvalue weighted by Crippen LogP contribution is -2.41. The van der Waals surface area contributed by atoms with Crippen LogP contribution in [0, 0.1) is 0 Å². The van der Waals surface area contributed by atoms with Gasteiger partial charge in [-0.05, 0) is 59.7 Å². The quantitative estimate of drug-likeness (QED) is 0.278. The summed E-state index contributed by atoms with van der Waals surface area (Å²) in [7, 11) is 1.42. The lowest BCUT2D eigenvalue weighted by atomic mass is 9.84. The van der Waals surface area contributed by atoms with Crippen molar-refractivity contribution in [3.05, 3.63) is 119 Å². The maximum atomic E-state index is 13.7. The van der Waals surface area contributed by atoms with Crippen molar-refractivity contribution >= 4 is 17.3 Å². The highest BCUT2D eigenvalue weighted by atomic mass is 16.7. The van der Waals surface area contributed by atoms with Crippen LogP contribution in [-0.2, 0) is 9.53 Å². The molecule has 0 aromatic heterocycles. The zero-order valence-corrected chi connectivity index (χ0v) is 22.4. The molecule has 3 aliphatic heterocycles. The molecule has 4 aromatic rings. The first-order valence-electron chi connectivity index (χ1n) is 13.5. The van der Waals surface area contributed by atoms with Gasteiger partial charge in [0.25, 0.3) is 0 Å². The molecule has 7 rings (SSSR count). The number of anilines is 2. The highest BCUT2D eigenvalue weighted by Gasteiger charge is 2.42. The molecule has 0 bridgehead atoms. The highest BCUT2D eigenvalue weighted by molar-refractivity contribution is 5.93. The maximum absolute atomic E-state index is 13.7. The molecule has 3 aliphatic rings. The van der Waals surface area contributed by atoms with Gasteiger partial charge in [-0.3, -0.25) is 0 Å². The molecule has 0 fully saturated rings. The first-order chi connectivity index (χ1) is 20.2. The van der Waals surface area contributed by atoms with Crippen molar-refractivity contribution < 1.29 is 28.5 Å². The van der Waals surface area contributed by atoms with Gasteiger partial charge in [-0.25, -0.2) is 4.79 Å².